The van der Waals surface area contributed by atoms with Crippen molar-refractivity contribution >= 4 is 215 Å². The fraction of sp³-hybridized carbons (Fsp3) is 0.0625. The average Bonchev–Trinajstić information content (AvgIpc) is 1.46. The standard InChI is InChI=1S/C80H19.K/c1-4-10-18(11-5-1)16-78-69-59-49-43-29-27-22-21-23-25-26-24(21)32-34-28(22)30(29)44-46-45(43)57(59)66-68-58(46)60-50(44)48(34)52-38(32)42-36(26)41-40-35(25)39-37-31(23)33(27)47(49)51(37)61(69)63-53(39)54(40)64-65-55(41)56(42)67-62(52)70(60)80(20-14-8-3-9-15-20)75(67)73(65)79(72(64)71(63)78,77(74(66)78)76(68)80)17-19-12-6-2-7-13-19;/h1-15H,16-17H2;/q;+1/t78-,79-,80+;/m0./s1. The smallest absolute Gasteiger partial charge is 0.0622 e. The zero-order chi connectivity index (χ0) is 48.2. The molecule has 24 aromatic rings. The average molecular weight is 1020 g/mol. The van der Waals surface area contributed by atoms with Crippen LogP contribution in [-0.2, 0) is 29.1 Å². The van der Waals surface area contributed by atoms with Crippen LogP contribution in [-0.4, -0.2) is 0 Å². The van der Waals surface area contributed by atoms with E-state index < -0.39 is 10.8 Å². The van der Waals surface area contributed by atoms with Crippen molar-refractivity contribution in [2.24, 2.45) is 0 Å². The topological polar surface area (TPSA) is 0 Å². The SMILES string of the molecule is [K+].c1ccc(C[C@]23[C]4[C]5[C]6[C]7c8c9c%10c%11c(c2c2c%12c3c3c%13c%14c%15c%16c%17c%18c(c7c7c8c8c%10c%10c%19c%11c2c2c%11c%12c%13c%12c%13c%14c%17c%14c%17c%18c7c7c8c%10c8c(c%192)c(c%11%12)c(c%13%14)c8c7%17)[C@@]%16(c2ccccc2)[C]6[C]4[C@@]3%15Cc2ccccc2)[C]59)cc1. The summed E-state index contributed by atoms with van der Waals surface area (Å²) in [6.45, 7) is 0. The molecule has 81 heavy (non-hydrogen) atoms. The van der Waals surface area contributed by atoms with Gasteiger partial charge in [0.25, 0.3) is 0 Å². The Labute approximate surface area is 495 Å². The molecule has 0 aliphatic heterocycles. The van der Waals surface area contributed by atoms with Gasteiger partial charge in [0.05, 0.1) is 5.41 Å². The first-order valence-electron chi connectivity index (χ1n) is 29.9. The molecule has 35 rings (SSSR count). The van der Waals surface area contributed by atoms with Crippen LogP contribution >= 0.6 is 0 Å². The first kappa shape index (κ1) is 34.9. The van der Waals surface area contributed by atoms with Gasteiger partial charge in [-0.3, -0.25) is 0 Å². The molecule has 0 N–H and O–H groups in total. The van der Waals surface area contributed by atoms with Crippen LogP contribution in [0.5, 0.6) is 0 Å². The summed E-state index contributed by atoms with van der Waals surface area (Å²) in [5.74, 6) is 11.9. The number of hydrogen-bond donors (Lipinski definition) is 0. The van der Waals surface area contributed by atoms with E-state index in [0.29, 0.717) is 0 Å². The van der Waals surface area contributed by atoms with Gasteiger partial charge in [-0.15, -0.1) is 0 Å². The second-order valence-corrected chi connectivity index (χ2v) is 28.6. The molecule has 24 aromatic carbocycles. The van der Waals surface area contributed by atoms with Crippen molar-refractivity contribution in [2.45, 2.75) is 29.1 Å². The van der Waals surface area contributed by atoms with E-state index >= 15 is 0 Å². The van der Waals surface area contributed by atoms with Crippen molar-refractivity contribution in [3.8, 4) is 0 Å². The summed E-state index contributed by atoms with van der Waals surface area (Å²) >= 11 is 0. The molecular weight excluding hydrogens is 1000 g/mol. The first-order chi connectivity index (χ1) is 39.9. The fourth-order valence-corrected chi connectivity index (χ4v) is 27.4. The molecule has 0 amide bonds. The van der Waals surface area contributed by atoms with E-state index in [1.165, 1.54) is 16.7 Å². The third-order valence-electron chi connectivity index (χ3n) is 27.8. The van der Waals surface area contributed by atoms with Gasteiger partial charge in [0.1, 0.15) is 0 Å². The molecule has 1 heteroatoms. The summed E-state index contributed by atoms with van der Waals surface area (Å²) < 4.78 is 0. The van der Waals surface area contributed by atoms with Gasteiger partial charge in [-0.05, 0) is 301 Å². The first-order valence-corrected chi connectivity index (χ1v) is 29.9. The molecule has 0 heterocycles. The predicted molar refractivity (Wildman–Crippen MR) is 325 cm³/mol. The number of benzene rings is 18. The van der Waals surface area contributed by atoms with Crippen LogP contribution in [0.3, 0.4) is 0 Å². The summed E-state index contributed by atoms with van der Waals surface area (Å²) in [5.41, 5.74) is 20.2. The van der Waals surface area contributed by atoms with Crippen LogP contribution in [0.1, 0.15) is 72.3 Å². The Morgan fingerprint density at radius 1 is 0.210 bits per heavy atom. The molecule has 11 aliphatic rings. The molecular formula is C80H19K+. The molecule has 1 fully saturated rings. The number of hydrogen-bond acceptors (Lipinski definition) is 0. The van der Waals surface area contributed by atoms with Crippen LogP contribution in [0.25, 0.3) is 215 Å². The van der Waals surface area contributed by atoms with Crippen LogP contribution in [0.2, 0.25) is 0 Å². The molecule has 339 valence electrons. The largest absolute Gasteiger partial charge is 1.00 e. The normalized spacial score (nSPS) is 25.3. The Bertz CT molecular complexity index is 7450. The maximum Gasteiger partial charge on any atom is 1.00 e. The second kappa shape index (κ2) is 8.69. The Balaban J connectivity index is 0.00000376. The molecule has 0 saturated heterocycles. The quantitative estimate of drug-likeness (QED) is 0.119. The summed E-state index contributed by atoms with van der Waals surface area (Å²) in [6, 6.07) is 36.5. The van der Waals surface area contributed by atoms with Gasteiger partial charge in [0.2, 0.25) is 0 Å². The summed E-state index contributed by atoms with van der Waals surface area (Å²) in [7, 11) is 0. The van der Waals surface area contributed by atoms with Gasteiger partial charge >= 0.3 is 51.4 Å². The minimum absolute atomic E-state index is 0. The Hall–Kier alpha value is -7.20. The summed E-state index contributed by atoms with van der Waals surface area (Å²) in [5, 5.41) is 66.2. The van der Waals surface area contributed by atoms with Crippen molar-refractivity contribution in [1.29, 1.82) is 0 Å². The second-order valence-electron chi connectivity index (χ2n) is 28.6. The van der Waals surface area contributed by atoms with Gasteiger partial charge < -0.3 is 0 Å². The molecule has 7 radical (unpaired) electrons. The summed E-state index contributed by atoms with van der Waals surface area (Å²) in [6.07, 6.45) is 1.96. The third-order valence-corrected chi connectivity index (χ3v) is 27.8. The van der Waals surface area contributed by atoms with Crippen molar-refractivity contribution in [1.82, 2.24) is 0 Å². The Morgan fingerprint density at radius 2 is 0.494 bits per heavy atom. The van der Waals surface area contributed by atoms with Crippen LogP contribution < -0.4 is 51.4 Å². The fourth-order valence-electron chi connectivity index (χ4n) is 27.4. The predicted octanol–water partition coefficient (Wildman–Crippen LogP) is 15.5. The monoisotopic (exact) mass is 1020 g/mol. The van der Waals surface area contributed by atoms with E-state index in [1.807, 2.05) is 0 Å². The molecule has 0 bridgehead atoms. The summed E-state index contributed by atoms with van der Waals surface area (Å²) in [4.78, 5) is 0. The van der Waals surface area contributed by atoms with E-state index in [2.05, 4.69) is 91.0 Å². The van der Waals surface area contributed by atoms with Crippen molar-refractivity contribution in [3.05, 3.63) is 205 Å². The van der Waals surface area contributed by atoms with E-state index in [9.17, 15) is 0 Å². The van der Waals surface area contributed by atoms with Crippen LogP contribution in [0.4, 0.5) is 0 Å². The molecule has 0 aromatic heterocycles. The van der Waals surface area contributed by atoms with E-state index in [4.69, 9.17) is 0 Å². The van der Waals surface area contributed by atoms with Crippen LogP contribution in [0, 0.1) is 41.4 Å². The Morgan fingerprint density at radius 3 is 0.914 bits per heavy atom. The van der Waals surface area contributed by atoms with Crippen LogP contribution in [0.15, 0.2) is 91.0 Å². The van der Waals surface area contributed by atoms with Crippen molar-refractivity contribution < 1.29 is 51.4 Å². The van der Waals surface area contributed by atoms with Gasteiger partial charge in [0, 0.05) is 52.3 Å². The molecule has 3 atom stereocenters. The maximum atomic E-state index is 2.63. The van der Waals surface area contributed by atoms with E-state index in [0.717, 1.165) is 12.8 Å². The molecule has 11 aliphatic carbocycles. The minimum Gasteiger partial charge on any atom is -0.0622 e. The van der Waals surface area contributed by atoms with Crippen molar-refractivity contribution in [2.75, 3.05) is 0 Å². The molecule has 1 saturated carbocycles. The van der Waals surface area contributed by atoms with Gasteiger partial charge in [-0.1, -0.05) is 91.0 Å². The number of rotatable bonds is 5. The van der Waals surface area contributed by atoms with E-state index in [1.54, 1.807) is 313 Å². The molecule has 0 spiro atoms. The van der Waals surface area contributed by atoms with Crippen molar-refractivity contribution in [3.63, 3.8) is 0 Å². The zero-order valence-corrected chi connectivity index (χ0v) is 45.7. The van der Waals surface area contributed by atoms with Gasteiger partial charge in [-0.25, -0.2) is 0 Å². The van der Waals surface area contributed by atoms with Gasteiger partial charge in [0.15, 0.2) is 0 Å². The van der Waals surface area contributed by atoms with Gasteiger partial charge in [-0.2, -0.15) is 0 Å². The third kappa shape index (κ3) is 2.16. The molecule has 0 nitrogen and oxygen atoms in total. The minimum atomic E-state index is -0.489. The molecule has 0 unspecified atom stereocenters. The maximum absolute atomic E-state index is 2.63. The zero-order valence-electron chi connectivity index (χ0n) is 42.6. The Kier molecular flexibility index (Phi) is 3.75. The van der Waals surface area contributed by atoms with E-state index in [-0.39, 0.29) is 56.8 Å².